The highest BCUT2D eigenvalue weighted by atomic mass is 32.2. The number of ether oxygens (including phenoxy) is 2. The molecule has 0 aliphatic carbocycles. The summed E-state index contributed by atoms with van der Waals surface area (Å²) in [5.74, 6) is 1.38. The number of thioether (sulfide) groups is 1. The molecule has 0 radical (unpaired) electrons. The van der Waals surface area contributed by atoms with Crippen LogP contribution in [-0.2, 0) is 9.47 Å². The predicted octanol–water partition coefficient (Wildman–Crippen LogP) is 0.631. The van der Waals surface area contributed by atoms with Crippen LogP contribution >= 0.6 is 11.8 Å². The predicted molar refractivity (Wildman–Crippen MR) is 77.5 cm³/mol. The van der Waals surface area contributed by atoms with E-state index in [0.29, 0.717) is 11.2 Å². The maximum atomic E-state index is 5.37. The van der Waals surface area contributed by atoms with Gasteiger partial charge in [0.2, 0.25) is 11.9 Å². The molecular formula is C12H19N5O2S. The number of nitrogens with zero attached hydrogens (tertiary/aromatic N) is 4. The van der Waals surface area contributed by atoms with E-state index in [9.17, 15) is 0 Å². The molecule has 8 heteroatoms. The molecular weight excluding hydrogens is 278 g/mol. The van der Waals surface area contributed by atoms with Crippen LogP contribution in [0.3, 0.4) is 0 Å². The van der Waals surface area contributed by atoms with Crippen molar-refractivity contribution < 1.29 is 9.47 Å². The lowest BCUT2D eigenvalue weighted by molar-refractivity contribution is 0.0454. The summed E-state index contributed by atoms with van der Waals surface area (Å²) in [4.78, 5) is 15.7. The second-order valence-corrected chi connectivity index (χ2v) is 5.92. The number of nitrogens with one attached hydrogen (secondary N) is 1. The lowest BCUT2D eigenvalue weighted by Crippen LogP contribution is -2.37. The zero-order valence-electron chi connectivity index (χ0n) is 11.5. The van der Waals surface area contributed by atoms with Gasteiger partial charge < -0.3 is 19.7 Å². The number of morpholine rings is 1. The SMILES string of the molecule is CCNc1nc(SC2COC2)nc(N2CCOCC2)n1. The zero-order chi connectivity index (χ0) is 13.8. The van der Waals surface area contributed by atoms with Crippen molar-refractivity contribution in [1.82, 2.24) is 15.0 Å². The van der Waals surface area contributed by atoms with Gasteiger partial charge in [-0.1, -0.05) is 11.8 Å². The van der Waals surface area contributed by atoms with E-state index in [1.165, 1.54) is 0 Å². The Hall–Kier alpha value is -1.12. The number of hydrogen-bond donors (Lipinski definition) is 1. The minimum Gasteiger partial charge on any atom is -0.379 e. The Labute approximate surface area is 122 Å². The van der Waals surface area contributed by atoms with Crippen molar-refractivity contribution in [3.05, 3.63) is 0 Å². The van der Waals surface area contributed by atoms with Crippen LogP contribution in [0.15, 0.2) is 5.16 Å². The minimum atomic E-state index is 0.462. The average molecular weight is 297 g/mol. The third-order valence-corrected chi connectivity index (χ3v) is 4.11. The highest BCUT2D eigenvalue weighted by Gasteiger charge is 2.23. The molecule has 0 atom stereocenters. The highest BCUT2D eigenvalue weighted by molar-refractivity contribution is 7.99. The van der Waals surface area contributed by atoms with Gasteiger partial charge in [0.25, 0.3) is 0 Å². The molecule has 2 saturated heterocycles. The van der Waals surface area contributed by atoms with Crippen molar-refractivity contribution in [2.45, 2.75) is 17.3 Å². The smallest absolute Gasteiger partial charge is 0.231 e. The van der Waals surface area contributed by atoms with Gasteiger partial charge >= 0.3 is 0 Å². The van der Waals surface area contributed by atoms with E-state index < -0.39 is 0 Å². The Morgan fingerprint density at radius 3 is 2.65 bits per heavy atom. The second kappa shape index (κ2) is 6.55. The van der Waals surface area contributed by atoms with Crippen LogP contribution in [0.2, 0.25) is 0 Å². The summed E-state index contributed by atoms with van der Waals surface area (Å²) in [7, 11) is 0. The van der Waals surface area contributed by atoms with Crippen LogP contribution in [0.1, 0.15) is 6.92 Å². The molecule has 3 rings (SSSR count). The lowest BCUT2D eigenvalue weighted by atomic mass is 10.4. The molecule has 0 spiro atoms. The molecule has 2 aliphatic rings. The minimum absolute atomic E-state index is 0.462. The molecule has 110 valence electrons. The Morgan fingerprint density at radius 1 is 1.20 bits per heavy atom. The molecule has 1 aromatic rings. The van der Waals surface area contributed by atoms with Crippen molar-refractivity contribution in [1.29, 1.82) is 0 Å². The fourth-order valence-electron chi connectivity index (χ4n) is 1.97. The Balaban J connectivity index is 1.78. The van der Waals surface area contributed by atoms with Gasteiger partial charge in [-0.3, -0.25) is 0 Å². The van der Waals surface area contributed by atoms with E-state index in [-0.39, 0.29) is 0 Å². The van der Waals surface area contributed by atoms with Gasteiger partial charge in [0.1, 0.15) is 0 Å². The molecule has 7 nitrogen and oxygen atoms in total. The molecule has 2 fully saturated rings. The quantitative estimate of drug-likeness (QED) is 0.848. The van der Waals surface area contributed by atoms with Gasteiger partial charge in [-0.15, -0.1) is 0 Å². The molecule has 0 unspecified atom stereocenters. The summed E-state index contributed by atoms with van der Waals surface area (Å²) in [6.45, 7) is 7.48. The van der Waals surface area contributed by atoms with Gasteiger partial charge in [-0.25, -0.2) is 0 Å². The fourth-order valence-corrected chi connectivity index (χ4v) is 2.87. The Morgan fingerprint density at radius 2 is 2.00 bits per heavy atom. The van der Waals surface area contributed by atoms with E-state index in [0.717, 1.165) is 57.2 Å². The molecule has 0 bridgehead atoms. The van der Waals surface area contributed by atoms with Crippen molar-refractivity contribution in [3.8, 4) is 0 Å². The average Bonchev–Trinajstić information content (AvgIpc) is 2.44. The second-order valence-electron chi connectivity index (χ2n) is 4.65. The van der Waals surface area contributed by atoms with Crippen LogP contribution < -0.4 is 10.2 Å². The van der Waals surface area contributed by atoms with Crippen LogP contribution in [0.4, 0.5) is 11.9 Å². The van der Waals surface area contributed by atoms with E-state index in [1.807, 2.05) is 6.92 Å². The molecule has 1 aromatic heterocycles. The molecule has 0 amide bonds. The van der Waals surface area contributed by atoms with Crippen molar-refractivity contribution in [2.24, 2.45) is 0 Å². The molecule has 0 aromatic carbocycles. The summed E-state index contributed by atoms with van der Waals surface area (Å²) in [5.41, 5.74) is 0. The number of anilines is 2. The zero-order valence-corrected chi connectivity index (χ0v) is 12.4. The summed E-state index contributed by atoms with van der Waals surface area (Å²) >= 11 is 1.66. The lowest BCUT2D eigenvalue weighted by Gasteiger charge is -2.28. The van der Waals surface area contributed by atoms with Crippen molar-refractivity contribution in [3.63, 3.8) is 0 Å². The van der Waals surface area contributed by atoms with Crippen LogP contribution in [0, 0.1) is 0 Å². The van der Waals surface area contributed by atoms with Gasteiger partial charge in [-0.05, 0) is 6.92 Å². The Bertz CT molecular complexity index is 451. The van der Waals surface area contributed by atoms with Crippen LogP contribution in [0.25, 0.3) is 0 Å². The van der Waals surface area contributed by atoms with Gasteiger partial charge in [0.15, 0.2) is 5.16 Å². The number of hydrogen-bond acceptors (Lipinski definition) is 8. The molecule has 0 saturated carbocycles. The molecule has 20 heavy (non-hydrogen) atoms. The monoisotopic (exact) mass is 297 g/mol. The van der Waals surface area contributed by atoms with Crippen molar-refractivity contribution >= 4 is 23.7 Å². The topological polar surface area (TPSA) is 72.4 Å². The third-order valence-electron chi connectivity index (χ3n) is 3.11. The van der Waals surface area contributed by atoms with E-state index in [4.69, 9.17) is 9.47 Å². The van der Waals surface area contributed by atoms with Crippen LogP contribution in [-0.4, -0.2) is 66.3 Å². The van der Waals surface area contributed by atoms with E-state index in [2.05, 4.69) is 25.2 Å². The first-order valence-electron chi connectivity index (χ1n) is 6.92. The summed E-state index contributed by atoms with van der Waals surface area (Å²) in [6, 6.07) is 0. The summed E-state index contributed by atoms with van der Waals surface area (Å²) < 4.78 is 10.6. The fraction of sp³-hybridized carbons (Fsp3) is 0.750. The third kappa shape index (κ3) is 3.31. The number of rotatable bonds is 5. The normalized spacial score (nSPS) is 19.8. The summed E-state index contributed by atoms with van der Waals surface area (Å²) in [5, 5.41) is 4.40. The first kappa shape index (κ1) is 13.8. The maximum absolute atomic E-state index is 5.37. The van der Waals surface area contributed by atoms with E-state index in [1.54, 1.807) is 11.8 Å². The van der Waals surface area contributed by atoms with Gasteiger partial charge in [-0.2, -0.15) is 15.0 Å². The number of aromatic nitrogens is 3. The van der Waals surface area contributed by atoms with Gasteiger partial charge in [0.05, 0.1) is 31.7 Å². The Kier molecular flexibility index (Phi) is 4.54. The largest absolute Gasteiger partial charge is 0.379 e. The first-order chi connectivity index (χ1) is 9.85. The molecule has 3 heterocycles. The van der Waals surface area contributed by atoms with E-state index >= 15 is 0 Å². The van der Waals surface area contributed by atoms with Crippen LogP contribution in [0.5, 0.6) is 0 Å². The molecule has 1 N–H and O–H groups in total. The molecule has 2 aliphatic heterocycles. The standard InChI is InChI=1S/C12H19N5O2S/c1-2-13-10-14-11(17-3-5-18-6-4-17)16-12(15-10)20-9-7-19-8-9/h9H,2-8H2,1H3,(H,13,14,15,16). The van der Waals surface area contributed by atoms with Gasteiger partial charge in [0, 0.05) is 19.6 Å². The maximum Gasteiger partial charge on any atom is 0.231 e. The summed E-state index contributed by atoms with van der Waals surface area (Å²) in [6.07, 6.45) is 0. The highest BCUT2D eigenvalue weighted by Crippen LogP contribution is 2.27. The first-order valence-corrected chi connectivity index (χ1v) is 7.80. The van der Waals surface area contributed by atoms with Crippen molar-refractivity contribution in [2.75, 3.05) is 56.3 Å².